The third-order valence-electron chi connectivity index (χ3n) is 4.09. The average molecular weight is 273 g/mol. The van der Waals surface area contributed by atoms with Crippen LogP contribution in [0.2, 0.25) is 0 Å². The first kappa shape index (κ1) is 13.6. The summed E-state index contributed by atoms with van der Waals surface area (Å²) in [6.45, 7) is 4.20. The van der Waals surface area contributed by atoms with Crippen LogP contribution in [0.25, 0.3) is 0 Å². The number of carbonyl (C=O) groups is 1. The van der Waals surface area contributed by atoms with E-state index in [0.717, 1.165) is 23.8 Å². The molecule has 0 spiro atoms. The van der Waals surface area contributed by atoms with E-state index in [-0.39, 0.29) is 5.78 Å². The fourth-order valence-corrected chi connectivity index (χ4v) is 2.66. The molecule has 0 aliphatic heterocycles. The molecule has 2 aliphatic rings. The van der Waals surface area contributed by atoms with Gasteiger partial charge in [-0.2, -0.15) is 0 Å². The minimum absolute atomic E-state index is 0.196. The molecule has 0 radical (unpaired) electrons. The van der Waals surface area contributed by atoms with Crippen molar-refractivity contribution in [2.75, 3.05) is 19.7 Å². The zero-order chi connectivity index (χ0) is 13.9. The number of carbonyl (C=O) groups excluding carboxylic acids is 1. The molecular weight excluding hydrogens is 250 g/mol. The van der Waals surface area contributed by atoms with Crippen LogP contribution in [0.15, 0.2) is 24.3 Å². The zero-order valence-corrected chi connectivity index (χ0v) is 12.2. The molecule has 0 N–H and O–H groups in total. The molecule has 3 rings (SSSR count). The highest BCUT2D eigenvalue weighted by Gasteiger charge is 2.34. The molecule has 0 aromatic heterocycles. The molecule has 0 saturated heterocycles. The third-order valence-corrected chi connectivity index (χ3v) is 4.09. The second kappa shape index (κ2) is 5.96. The van der Waals surface area contributed by atoms with Crippen molar-refractivity contribution < 1.29 is 9.53 Å². The maximum atomic E-state index is 12.6. The second-order valence-corrected chi connectivity index (χ2v) is 5.96. The van der Waals surface area contributed by atoms with Crippen molar-refractivity contribution in [3.8, 4) is 5.75 Å². The summed E-state index contributed by atoms with van der Waals surface area (Å²) >= 11 is 0. The average Bonchev–Trinajstić information content (AvgIpc) is 3.32. The topological polar surface area (TPSA) is 29.5 Å². The SMILES string of the molecule is CCOc1ccccc1C(=O)CN(CC1CC1)C1CC1. The molecule has 2 fully saturated rings. The molecule has 108 valence electrons. The monoisotopic (exact) mass is 273 g/mol. The number of hydrogen-bond acceptors (Lipinski definition) is 3. The maximum Gasteiger partial charge on any atom is 0.180 e. The number of hydrogen-bond donors (Lipinski definition) is 0. The van der Waals surface area contributed by atoms with Gasteiger partial charge in [0.1, 0.15) is 5.75 Å². The first-order valence-electron chi connectivity index (χ1n) is 7.77. The van der Waals surface area contributed by atoms with Crippen LogP contribution in [0.3, 0.4) is 0 Å². The Morgan fingerprint density at radius 2 is 2.00 bits per heavy atom. The molecule has 0 amide bonds. The molecule has 2 saturated carbocycles. The predicted octanol–water partition coefficient (Wildman–Crippen LogP) is 3.14. The summed E-state index contributed by atoms with van der Waals surface area (Å²) in [5.74, 6) is 1.76. The number of rotatable bonds is 8. The van der Waals surface area contributed by atoms with E-state index >= 15 is 0 Å². The number of ketones is 1. The number of nitrogens with zero attached hydrogens (tertiary/aromatic N) is 1. The molecule has 1 aromatic carbocycles. The molecule has 3 nitrogen and oxygen atoms in total. The Labute approximate surface area is 120 Å². The Bertz CT molecular complexity index is 478. The second-order valence-electron chi connectivity index (χ2n) is 5.96. The summed E-state index contributed by atoms with van der Waals surface area (Å²) in [5.41, 5.74) is 0.732. The van der Waals surface area contributed by atoms with Crippen LogP contribution in [0.5, 0.6) is 5.75 Å². The van der Waals surface area contributed by atoms with Crippen molar-refractivity contribution in [2.45, 2.75) is 38.6 Å². The van der Waals surface area contributed by atoms with Gasteiger partial charge in [-0.3, -0.25) is 9.69 Å². The Kier molecular flexibility index (Phi) is 4.06. The lowest BCUT2D eigenvalue weighted by molar-refractivity contribution is 0.0917. The van der Waals surface area contributed by atoms with E-state index in [9.17, 15) is 4.79 Å². The summed E-state index contributed by atoms with van der Waals surface area (Å²) in [6.07, 6.45) is 5.19. The van der Waals surface area contributed by atoms with E-state index in [4.69, 9.17) is 4.74 Å². The van der Waals surface area contributed by atoms with Gasteiger partial charge in [-0.05, 0) is 50.7 Å². The van der Waals surface area contributed by atoms with Gasteiger partial charge in [0.2, 0.25) is 0 Å². The fraction of sp³-hybridized carbons (Fsp3) is 0.588. The molecule has 0 unspecified atom stereocenters. The highest BCUT2D eigenvalue weighted by Crippen LogP contribution is 2.35. The van der Waals surface area contributed by atoms with Crippen molar-refractivity contribution in [3.05, 3.63) is 29.8 Å². The molecule has 0 heterocycles. The lowest BCUT2D eigenvalue weighted by Gasteiger charge is -2.21. The van der Waals surface area contributed by atoms with Crippen molar-refractivity contribution in [2.24, 2.45) is 5.92 Å². The van der Waals surface area contributed by atoms with Crippen LogP contribution in [0.4, 0.5) is 0 Å². The van der Waals surface area contributed by atoms with E-state index in [1.807, 2.05) is 31.2 Å². The molecule has 0 atom stereocenters. The van der Waals surface area contributed by atoms with Gasteiger partial charge < -0.3 is 4.74 Å². The summed E-state index contributed by atoms with van der Waals surface area (Å²) < 4.78 is 5.57. The van der Waals surface area contributed by atoms with Crippen LogP contribution in [-0.2, 0) is 0 Å². The number of para-hydroxylation sites is 1. The summed E-state index contributed by atoms with van der Waals surface area (Å²) in [7, 11) is 0. The highest BCUT2D eigenvalue weighted by atomic mass is 16.5. The van der Waals surface area contributed by atoms with E-state index in [0.29, 0.717) is 19.2 Å². The summed E-state index contributed by atoms with van der Waals surface area (Å²) in [4.78, 5) is 15.0. The molecule has 2 aliphatic carbocycles. The smallest absolute Gasteiger partial charge is 0.180 e. The van der Waals surface area contributed by atoms with E-state index < -0.39 is 0 Å². The van der Waals surface area contributed by atoms with Crippen LogP contribution in [0.1, 0.15) is 43.0 Å². The lowest BCUT2D eigenvalue weighted by atomic mass is 10.1. The lowest BCUT2D eigenvalue weighted by Crippen LogP contribution is -2.33. The van der Waals surface area contributed by atoms with E-state index in [1.54, 1.807) is 0 Å². The minimum Gasteiger partial charge on any atom is -0.493 e. The van der Waals surface area contributed by atoms with Crippen LogP contribution in [0, 0.1) is 5.92 Å². The Balaban J connectivity index is 1.67. The maximum absolute atomic E-state index is 12.6. The van der Waals surface area contributed by atoms with Crippen molar-refractivity contribution >= 4 is 5.78 Å². The van der Waals surface area contributed by atoms with Crippen molar-refractivity contribution in [3.63, 3.8) is 0 Å². The summed E-state index contributed by atoms with van der Waals surface area (Å²) in [5, 5.41) is 0. The Morgan fingerprint density at radius 3 is 2.65 bits per heavy atom. The quantitative estimate of drug-likeness (QED) is 0.681. The Morgan fingerprint density at radius 1 is 1.25 bits per heavy atom. The molecule has 1 aromatic rings. The minimum atomic E-state index is 0.196. The molecule has 0 bridgehead atoms. The van der Waals surface area contributed by atoms with Gasteiger partial charge in [0.05, 0.1) is 18.7 Å². The van der Waals surface area contributed by atoms with Crippen LogP contribution < -0.4 is 4.74 Å². The molecule has 20 heavy (non-hydrogen) atoms. The number of Topliss-reactive ketones (excluding diaryl/α,β-unsaturated/α-hetero) is 1. The van der Waals surface area contributed by atoms with Gasteiger partial charge in [-0.15, -0.1) is 0 Å². The standard InChI is InChI=1S/C17H23NO2/c1-2-20-17-6-4-3-5-15(17)16(19)12-18(14-9-10-14)11-13-7-8-13/h3-6,13-14H,2,7-12H2,1H3. The zero-order valence-electron chi connectivity index (χ0n) is 12.2. The molecular formula is C17H23NO2. The first-order chi connectivity index (χ1) is 9.78. The highest BCUT2D eigenvalue weighted by molar-refractivity contribution is 6.00. The number of benzene rings is 1. The third kappa shape index (κ3) is 3.40. The predicted molar refractivity (Wildman–Crippen MR) is 79.3 cm³/mol. The number of ether oxygens (including phenoxy) is 1. The Hall–Kier alpha value is -1.35. The normalized spacial score (nSPS) is 18.3. The van der Waals surface area contributed by atoms with Crippen molar-refractivity contribution in [1.29, 1.82) is 0 Å². The van der Waals surface area contributed by atoms with E-state index in [1.165, 1.54) is 25.7 Å². The largest absolute Gasteiger partial charge is 0.493 e. The van der Waals surface area contributed by atoms with E-state index in [2.05, 4.69) is 4.90 Å². The van der Waals surface area contributed by atoms with Gasteiger partial charge >= 0.3 is 0 Å². The fourth-order valence-electron chi connectivity index (χ4n) is 2.66. The van der Waals surface area contributed by atoms with Crippen LogP contribution >= 0.6 is 0 Å². The van der Waals surface area contributed by atoms with Crippen molar-refractivity contribution in [1.82, 2.24) is 4.90 Å². The van der Waals surface area contributed by atoms with Gasteiger partial charge in [-0.25, -0.2) is 0 Å². The van der Waals surface area contributed by atoms with Gasteiger partial charge in [0.25, 0.3) is 0 Å². The van der Waals surface area contributed by atoms with Crippen LogP contribution in [-0.4, -0.2) is 36.4 Å². The summed E-state index contributed by atoms with van der Waals surface area (Å²) in [6, 6.07) is 8.26. The van der Waals surface area contributed by atoms with Gasteiger partial charge in [-0.1, -0.05) is 12.1 Å². The van der Waals surface area contributed by atoms with Gasteiger partial charge in [0.15, 0.2) is 5.78 Å². The first-order valence-corrected chi connectivity index (χ1v) is 7.77. The van der Waals surface area contributed by atoms with Gasteiger partial charge in [0, 0.05) is 12.6 Å². The molecule has 3 heteroatoms.